The van der Waals surface area contributed by atoms with Crippen LogP contribution in [0.1, 0.15) is 24.5 Å². The SMILES string of the molecule is O=C(CSc1ccccc1)N1CCN(c2nc3nc(C4CC4)cc(=O)n3[nH]2)CC1. The fourth-order valence-corrected chi connectivity index (χ4v) is 4.36. The predicted molar refractivity (Wildman–Crippen MR) is 112 cm³/mol. The van der Waals surface area contributed by atoms with Crippen molar-refractivity contribution in [3.63, 3.8) is 0 Å². The molecule has 5 rings (SSSR count). The minimum absolute atomic E-state index is 0.123. The minimum atomic E-state index is -0.123. The lowest BCUT2D eigenvalue weighted by atomic mass is 10.3. The number of fused-ring (bicyclic) bond motifs is 1. The van der Waals surface area contributed by atoms with Crippen LogP contribution in [0, 0.1) is 0 Å². The summed E-state index contributed by atoms with van der Waals surface area (Å²) in [5.41, 5.74) is 0.724. The Morgan fingerprint density at radius 3 is 2.59 bits per heavy atom. The van der Waals surface area contributed by atoms with Gasteiger partial charge in [-0.2, -0.15) is 9.50 Å². The number of aromatic amines is 1. The molecule has 2 fully saturated rings. The number of hydrogen-bond donors (Lipinski definition) is 1. The summed E-state index contributed by atoms with van der Waals surface area (Å²) in [5.74, 6) is 2.06. The van der Waals surface area contributed by atoms with Gasteiger partial charge in [-0.3, -0.25) is 14.7 Å². The molecule has 1 aliphatic carbocycles. The molecule has 150 valence electrons. The van der Waals surface area contributed by atoms with E-state index in [9.17, 15) is 9.59 Å². The van der Waals surface area contributed by atoms with Gasteiger partial charge in [0.05, 0.1) is 11.4 Å². The summed E-state index contributed by atoms with van der Waals surface area (Å²) in [4.78, 5) is 39.0. The van der Waals surface area contributed by atoms with Crippen LogP contribution in [0.4, 0.5) is 5.95 Å². The van der Waals surface area contributed by atoms with Crippen LogP contribution in [0.3, 0.4) is 0 Å². The Morgan fingerprint density at radius 1 is 1.10 bits per heavy atom. The Balaban J connectivity index is 1.22. The van der Waals surface area contributed by atoms with Crippen LogP contribution in [0.5, 0.6) is 0 Å². The number of nitrogens with one attached hydrogen (secondary N) is 1. The second-order valence-electron chi connectivity index (χ2n) is 7.45. The van der Waals surface area contributed by atoms with Crippen LogP contribution in [0.25, 0.3) is 5.78 Å². The first-order chi connectivity index (χ1) is 14.2. The number of aromatic nitrogens is 4. The van der Waals surface area contributed by atoms with Crippen molar-refractivity contribution in [1.29, 1.82) is 0 Å². The predicted octanol–water partition coefficient (Wildman–Crippen LogP) is 1.74. The maximum atomic E-state index is 12.5. The molecule has 1 saturated carbocycles. The number of benzene rings is 1. The van der Waals surface area contributed by atoms with Crippen LogP contribution < -0.4 is 10.5 Å². The second kappa shape index (κ2) is 7.55. The Bertz CT molecular complexity index is 1080. The highest BCUT2D eigenvalue weighted by Crippen LogP contribution is 2.38. The third kappa shape index (κ3) is 3.87. The fraction of sp³-hybridized carbons (Fsp3) is 0.400. The van der Waals surface area contributed by atoms with Crippen molar-refractivity contribution in [2.24, 2.45) is 0 Å². The van der Waals surface area contributed by atoms with Crippen molar-refractivity contribution < 1.29 is 4.79 Å². The number of hydrogen-bond acceptors (Lipinski definition) is 6. The van der Waals surface area contributed by atoms with E-state index in [1.807, 2.05) is 35.2 Å². The van der Waals surface area contributed by atoms with E-state index in [-0.39, 0.29) is 11.5 Å². The number of nitrogens with zero attached hydrogens (tertiary/aromatic N) is 5. The van der Waals surface area contributed by atoms with Gasteiger partial charge in [0.1, 0.15) is 0 Å². The van der Waals surface area contributed by atoms with E-state index in [0.717, 1.165) is 23.4 Å². The normalized spacial score (nSPS) is 17.1. The molecule has 0 spiro atoms. The maximum Gasteiger partial charge on any atom is 0.274 e. The zero-order valence-electron chi connectivity index (χ0n) is 16.0. The summed E-state index contributed by atoms with van der Waals surface area (Å²) in [6.07, 6.45) is 2.19. The lowest BCUT2D eigenvalue weighted by Crippen LogP contribution is -2.49. The van der Waals surface area contributed by atoms with Gasteiger partial charge in [0.25, 0.3) is 11.3 Å². The Morgan fingerprint density at radius 2 is 1.86 bits per heavy atom. The number of piperazine rings is 1. The van der Waals surface area contributed by atoms with E-state index >= 15 is 0 Å². The first kappa shape index (κ1) is 18.2. The second-order valence-corrected chi connectivity index (χ2v) is 8.49. The molecule has 29 heavy (non-hydrogen) atoms. The number of amides is 1. The van der Waals surface area contributed by atoms with Gasteiger partial charge in [0.2, 0.25) is 11.9 Å². The molecule has 3 aromatic rings. The summed E-state index contributed by atoms with van der Waals surface area (Å²) in [6, 6.07) is 11.6. The van der Waals surface area contributed by atoms with Gasteiger partial charge >= 0.3 is 0 Å². The summed E-state index contributed by atoms with van der Waals surface area (Å²) >= 11 is 1.56. The van der Waals surface area contributed by atoms with Crippen molar-refractivity contribution >= 4 is 29.4 Å². The Kier molecular flexibility index (Phi) is 4.75. The van der Waals surface area contributed by atoms with E-state index in [4.69, 9.17) is 0 Å². The molecular formula is C20H22N6O2S. The number of H-pyrrole nitrogens is 1. The topological polar surface area (TPSA) is 86.6 Å². The fourth-order valence-electron chi connectivity index (χ4n) is 3.54. The molecular weight excluding hydrogens is 388 g/mol. The molecule has 8 nitrogen and oxygen atoms in total. The number of carbonyl (C=O) groups is 1. The van der Waals surface area contributed by atoms with Gasteiger partial charge in [-0.25, -0.2) is 4.98 Å². The lowest BCUT2D eigenvalue weighted by Gasteiger charge is -2.34. The molecule has 1 N–H and O–H groups in total. The van der Waals surface area contributed by atoms with Crippen molar-refractivity contribution in [1.82, 2.24) is 24.5 Å². The molecule has 0 bridgehead atoms. The molecule has 0 unspecified atom stereocenters. The number of carbonyl (C=O) groups excluding carboxylic acids is 1. The van der Waals surface area contributed by atoms with Crippen molar-refractivity contribution in [2.75, 3.05) is 36.8 Å². The van der Waals surface area contributed by atoms with Gasteiger partial charge in [-0.05, 0) is 25.0 Å². The van der Waals surface area contributed by atoms with Crippen molar-refractivity contribution in [3.05, 3.63) is 52.4 Å². The monoisotopic (exact) mass is 410 g/mol. The third-order valence-corrected chi connectivity index (χ3v) is 6.37. The number of thioether (sulfide) groups is 1. The molecule has 2 aliphatic rings. The highest BCUT2D eigenvalue weighted by Gasteiger charge is 2.27. The molecule has 1 saturated heterocycles. The van der Waals surface area contributed by atoms with Crippen molar-refractivity contribution in [3.8, 4) is 0 Å². The molecule has 0 radical (unpaired) electrons. The average molecular weight is 411 g/mol. The Labute approximate surface area is 171 Å². The molecule has 1 aromatic carbocycles. The highest BCUT2D eigenvalue weighted by molar-refractivity contribution is 8.00. The third-order valence-electron chi connectivity index (χ3n) is 5.37. The maximum absolute atomic E-state index is 12.5. The van der Waals surface area contributed by atoms with Crippen LogP contribution in [0.2, 0.25) is 0 Å². The average Bonchev–Trinajstić information content (AvgIpc) is 3.52. The van der Waals surface area contributed by atoms with Gasteiger partial charge < -0.3 is 9.80 Å². The van der Waals surface area contributed by atoms with Crippen molar-refractivity contribution in [2.45, 2.75) is 23.7 Å². The van der Waals surface area contributed by atoms with E-state index in [0.29, 0.717) is 49.6 Å². The first-order valence-corrected chi connectivity index (χ1v) is 10.9. The van der Waals surface area contributed by atoms with E-state index < -0.39 is 0 Å². The summed E-state index contributed by atoms with van der Waals surface area (Å²) in [6.45, 7) is 2.62. The van der Waals surface area contributed by atoms with Crippen LogP contribution >= 0.6 is 11.8 Å². The first-order valence-electron chi connectivity index (χ1n) is 9.88. The number of rotatable bonds is 5. The zero-order chi connectivity index (χ0) is 19.8. The summed E-state index contributed by atoms with van der Waals surface area (Å²) < 4.78 is 1.40. The molecule has 1 amide bonds. The molecule has 1 aliphatic heterocycles. The Hall–Kier alpha value is -2.81. The summed E-state index contributed by atoms with van der Waals surface area (Å²) in [7, 11) is 0. The van der Waals surface area contributed by atoms with E-state index in [2.05, 4.69) is 20.0 Å². The van der Waals surface area contributed by atoms with E-state index in [1.165, 1.54) is 4.52 Å². The standard InChI is InChI=1S/C20H22N6O2S/c27-17-12-16(14-6-7-14)21-19-22-20(23-26(17)19)25-10-8-24(9-11-25)18(28)13-29-15-4-2-1-3-5-15/h1-5,12,14H,6-11,13H2,(H,21,22,23). The van der Waals surface area contributed by atoms with Gasteiger partial charge in [0.15, 0.2) is 0 Å². The molecule has 0 atom stereocenters. The van der Waals surface area contributed by atoms with Crippen LogP contribution in [-0.4, -0.2) is 62.3 Å². The molecule has 2 aromatic heterocycles. The summed E-state index contributed by atoms with van der Waals surface area (Å²) in [5, 5.41) is 3.06. The molecule has 3 heterocycles. The smallest absolute Gasteiger partial charge is 0.274 e. The zero-order valence-corrected chi connectivity index (χ0v) is 16.8. The number of anilines is 1. The minimum Gasteiger partial charge on any atom is -0.338 e. The van der Waals surface area contributed by atoms with Gasteiger partial charge in [0, 0.05) is 43.1 Å². The van der Waals surface area contributed by atoms with Gasteiger partial charge in [-0.1, -0.05) is 18.2 Å². The van der Waals surface area contributed by atoms with Crippen LogP contribution in [-0.2, 0) is 4.79 Å². The van der Waals surface area contributed by atoms with E-state index in [1.54, 1.807) is 17.8 Å². The largest absolute Gasteiger partial charge is 0.338 e. The lowest BCUT2D eigenvalue weighted by molar-refractivity contribution is -0.128. The quantitative estimate of drug-likeness (QED) is 0.645. The van der Waals surface area contributed by atoms with Crippen LogP contribution in [0.15, 0.2) is 46.1 Å². The molecule has 9 heteroatoms. The highest BCUT2D eigenvalue weighted by atomic mass is 32.2. The van der Waals surface area contributed by atoms with Gasteiger partial charge in [-0.15, -0.1) is 11.8 Å².